The molecule has 1 aliphatic heterocycles. The number of hydrogen-bond donors (Lipinski definition) is 2. The first-order valence-corrected chi connectivity index (χ1v) is 7.32. The van der Waals surface area contributed by atoms with Crippen LogP contribution in [0.5, 0.6) is 5.75 Å². The molecule has 0 radical (unpaired) electrons. The molecule has 1 saturated heterocycles. The second-order valence-electron chi connectivity index (χ2n) is 4.81. The summed E-state index contributed by atoms with van der Waals surface area (Å²) < 4.78 is 6.00. The predicted molar refractivity (Wildman–Crippen MR) is 79.5 cm³/mol. The van der Waals surface area contributed by atoms with Crippen LogP contribution >= 0.6 is 15.9 Å². The smallest absolute Gasteiger partial charge is 0.224 e. The van der Waals surface area contributed by atoms with Gasteiger partial charge in [-0.2, -0.15) is 0 Å². The molecule has 2 N–H and O–H groups in total. The van der Waals surface area contributed by atoms with Gasteiger partial charge in [-0.05, 0) is 66.0 Å². The maximum atomic E-state index is 12.0. The first kappa shape index (κ1) is 14.3. The number of nitrogens with one attached hydrogen (secondary N) is 2. The molecule has 4 nitrogen and oxygen atoms in total. The number of ether oxygens (including phenoxy) is 1. The first-order valence-electron chi connectivity index (χ1n) is 6.53. The molecule has 1 fully saturated rings. The van der Waals surface area contributed by atoms with Crippen molar-refractivity contribution in [2.75, 3.05) is 25.5 Å². The van der Waals surface area contributed by atoms with Crippen LogP contribution in [-0.2, 0) is 4.79 Å². The Morgan fingerprint density at radius 1 is 1.58 bits per heavy atom. The lowest BCUT2D eigenvalue weighted by molar-refractivity contribution is -0.117. The molecule has 1 amide bonds. The summed E-state index contributed by atoms with van der Waals surface area (Å²) in [6.45, 7) is 2.02. The van der Waals surface area contributed by atoms with Gasteiger partial charge >= 0.3 is 0 Å². The van der Waals surface area contributed by atoms with E-state index in [1.807, 2.05) is 18.2 Å². The summed E-state index contributed by atoms with van der Waals surface area (Å²) in [5.41, 5.74) is 0.793. The second kappa shape index (κ2) is 6.91. The lowest BCUT2D eigenvalue weighted by Gasteiger charge is -2.22. The molecule has 1 unspecified atom stereocenters. The molecule has 1 aromatic rings. The van der Waals surface area contributed by atoms with Crippen molar-refractivity contribution in [1.29, 1.82) is 0 Å². The molecule has 1 aromatic carbocycles. The summed E-state index contributed by atoms with van der Waals surface area (Å²) in [6.07, 6.45) is 2.87. The van der Waals surface area contributed by atoms with Gasteiger partial charge in [0.2, 0.25) is 5.91 Å². The van der Waals surface area contributed by atoms with Crippen molar-refractivity contribution in [3.63, 3.8) is 0 Å². The van der Waals surface area contributed by atoms with Crippen LogP contribution in [-0.4, -0.2) is 26.1 Å². The van der Waals surface area contributed by atoms with E-state index in [-0.39, 0.29) is 5.91 Å². The third kappa shape index (κ3) is 4.21. The summed E-state index contributed by atoms with van der Waals surface area (Å²) >= 11 is 3.41. The number of hydrogen-bond acceptors (Lipinski definition) is 3. The van der Waals surface area contributed by atoms with Crippen LogP contribution in [0.4, 0.5) is 5.69 Å². The monoisotopic (exact) mass is 326 g/mol. The van der Waals surface area contributed by atoms with Crippen LogP contribution in [0.1, 0.15) is 19.3 Å². The van der Waals surface area contributed by atoms with E-state index in [0.717, 1.165) is 41.8 Å². The molecule has 104 valence electrons. The van der Waals surface area contributed by atoms with Crippen molar-refractivity contribution < 1.29 is 9.53 Å². The number of halogens is 1. The highest BCUT2D eigenvalue weighted by Crippen LogP contribution is 2.28. The minimum atomic E-state index is 0.0748. The van der Waals surface area contributed by atoms with Crippen LogP contribution in [0.25, 0.3) is 0 Å². The van der Waals surface area contributed by atoms with Crippen LogP contribution in [0.15, 0.2) is 22.7 Å². The topological polar surface area (TPSA) is 50.4 Å². The minimum absolute atomic E-state index is 0.0748. The molecule has 1 aliphatic rings. The predicted octanol–water partition coefficient (Wildman–Crippen LogP) is 2.79. The highest BCUT2D eigenvalue weighted by atomic mass is 79.9. The third-order valence-corrected chi connectivity index (χ3v) is 3.93. The van der Waals surface area contributed by atoms with Crippen molar-refractivity contribution in [3.8, 4) is 5.75 Å². The van der Waals surface area contributed by atoms with E-state index in [1.54, 1.807) is 7.11 Å². The Morgan fingerprint density at radius 3 is 3.05 bits per heavy atom. The van der Waals surface area contributed by atoms with Crippen LogP contribution in [0, 0.1) is 5.92 Å². The molecule has 2 rings (SSSR count). The summed E-state index contributed by atoms with van der Waals surface area (Å²) in [7, 11) is 1.62. The molecule has 1 atom stereocenters. The molecule has 0 spiro atoms. The number of rotatable bonds is 4. The van der Waals surface area contributed by atoms with Crippen molar-refractivity contribution in [1.82, 2.24) is 5.32 Å². The zero-order valence-electron chi connectivity index (χ0n) is 11.0. The number of anilines is 1. The Morgan fingerprint density at radius 2 is 2.42 bits per heavy atom. The molecule has 0 aromatic heterocycles. The number of methoxy groups -OCH3 is 1. The quantitative estimate of drug-likeness (QED) is 0.894. The zero-order chi connectivity index (χ0) is 13.7. The number of carbonyl (C=O) groups is 1. The van der Waals surface area contributed by atoms with Gasteiger partial charge in [0.25, 0.3) is 0 Å². The summed E-state index contributed by atoms with van der Waals surface area (Å²) in [6, 6.07) is 5.54. The van der Waals surface area contributed by atoms with Crippen LogP contribution in [0.3, 0.4) is 0 Å². The first-order chi connectivity index (χ1) is 9.19. The van der Waals surface area contributed by atoms with E-state index in [2.05, 4.69) is 26.6 Å². The van der Waals surface area contributed by atoms with Gasteiger partial charge in [-0.25, -0.2) is 0 Å². The highest BCUT2D eigenvalue weighted by Gasteiger charge is 2.16. The van der Waals surface area contributed by atoms with Crippen molar-refractivity contribution in [3.05, 3.63) is 22.7 Å². The summed E-state index contributed by atoms with van der Waals surface area (Å²) in [5.74, 6) is 1.29. The van der Waals surface area contributed by atoms with Gasteiger partial charge in [-0.15, -0.1) is 0 Å². The number of carbonyl (C=O) groups excluding carboxylic acids is 1. The van der Waals surface area contributed by atoms with Crippen LogP contribution in [0.2, 0.25) is 0 Å². The van der Waals surface area contributed by atoms with Gasteiger partial charge in [0.1, 0.15) is 5.75 Å². The van der Waals surface area contributed by atoms with E-state index in [1.165, 1.54) is 0 Å². The Balaban J connectivity index is 1.89. The molecular weight excluding hydrogens is 308 g/mol. The van der Waals surface area contributed by atoms with Gasteiger partial charge < -0.3 is 15.4 Å². The van der Waals surface area contributed by atoms with Crippen molar-refractivity contribution in [2.45, 2.75) is 19.3 Å². The molecular formula is C14H19BrN2O2. The van der Waals surface area contributed by atoms with Gasteiger partial charge in [-0.3, -0.25) is 4.79 Å². The maximum Gasteiger partial charge on any atom is 0.224 e. The van der Waals surface area contributed by atoms with Gasteiger partial charge in [0, 0.05) is 12.1 Å². The van der Waals surface area contributed by atoms with E-state index < -0.39 is 0 Å². The molecule has 1 heterocycles. The Hall–Kier alpha value is -1.07. The zero-order valence-corrected chi connectivity index (χ0v) is 12.6. The number of benzene rings is 1. The standard InChI is InChI=1S/C14H19BrN2O2/c1-19-13-5-4-11(8-12(13)15)17-14(18)7-10-3-2-6-16-9-10/h4-5,8,10,16H,2-3,6-7,9H2,1H3,(H,17,18). The molecule has 5 heteroatoms. The molecule has 0 bridgehead atoms. The second-order valence-corrected chi connectivity index (χ2v) is 5.67. The lowest BCUT2D eigenvalue weighted by atomic mass is 9.96. The van der Waals surface area contributed by atoms with E-state index >= 15 is 0 Å². The minimum Gasteiger partial charge on any atom is -0.496 e. The SMILES string of the molecule is COc1ccc(NC(=O)CC2CCCNC2)cc1Br. The van der Waals surface area contributed by atoms with E-state index in [4.69, 9.17) is 4.74 Å². The summed E-state index contributed by atoms with van der Waals surface area (Å²) in [4.78, 5) is 12.0. The van der Waals surface area contributed by atoms with E-state index in [0.29, 0.717) is 12.3 Å². The maximum absolute atomic E-state index is 12.0. The molecule has 19 heavy (non-hydrogen) atoms. The number of piperidine rings is 1. The largest absolute Gasteiger partial charge is 0.496 e. The highest BCUT2D eigenvalue weighted by molar-refractivity contribution is 9.10. The van der Waals surface area contributed by atoms with Crippen LogP contribution < -0.4 is 15.4 Å². The Labute approximate surface area is 122 Å². The average molecular weight is 327 g/mol. The fraction of sp³-hybridized carbons (Fsp3) is 0.500. The van der Waals surface area contributed by atoms with E-state index in [9.17, 15) is 4.79 Å². The summed E-state index contributed by atoms with van der Waals surface area (Å²) in [5, 5.41) is 6.25. The lowest BCUT2D eigenvalue weighted by Crippen LogP contribution is -2.32. The normalized spacial score (nSPS) is 18.9. The molecule has 0 saturated carbocycles. The van der Waals surface area contributed by atoms with Gasteiger partial charge in [0.15, 0.2) is 0 Å². The third-order valence-electron chi connectivity index (χ3n) is 3.31. The Kier molecular flexibility index (Phi) is 5.22. The fourth-order valence-electron chi connectivity index (χ4n) is 2.32. The molecule has 0 aliphatic carbocycles. The van der Waals surface area contributed by atoms with Crippen molar-refractivity contribution in [2.24, 2.45) is 5.92 Å². The van der Waals surface area contributed by atoms with Gasteiger partial charge in [-0.1, -0.05) is 0 Å². The Bertz CT molecular complexity index is 445. The fourth-order valence-corrected chi connectivity index (χ4v) is 2.86. The van der Waals surface area contributed by atoms with Crippen molar-refractivity contribution >= 4 is 27.5 Å². The number of amides is 1. The van der Waals surface area contributed by atoms with Gasteiger partial charge in [0.05, 0.1) is 11.6 Å². The average Bonchev–Trinajstić information content (AvgIpc) is 2.40.